The Morgan fingerprint density at radius 1 is 1.44 bits per heavy atom. The minimum absolute atomic E-state index is 0.0622. The van der Waals surface area contributed by atoms with Crippen molar-refractivity contribution >= 4 is 16.9 Å². The number of H-pyrrole nitrogens is 1. The van der Waals surface area contributed by atoms with E-state index >= 15 is 0 Å². The van der Waals surface area contributed by atoms with Crippen LogP contribution < -0.4 is 0 Å². The van der Waals surface area contributed by atoms with Crippen LogP contribution in [0.3, 0.4) is 0 Å². The molecule has 0 unspecified atom stereocenters. The zero-order valence-electron chi connectivity index (χ0n) is 11.1. The van der Waals surface area contributed by atoms with Crippen LogP contribution in [0.5, 0.6) is 0 Å². The van der Waals surface area contributed by atoms with Gasteiger partial charge in [-0.3, -0.25) is 4.79 Å². The van der Waals surface area contributed by atoms with Crippen molar-refractivity contribution in [3.8, 4) is 0 Å². The van der Waals surface area contributed by atoms with E-state index in [1.54, 1.807) is 11.2 Å². The van der Waals surface area contributed by atoms with Crippen molar-refractivity contribution < 1.29 is 4.79 Å². The number of rotatable bonds is 4. The minimum Gasteiger partial charge on any atom is -0.345 e. The molecule has 0 saturated heterocycles. The molecule has 4 heteroatoms. The zero-order chi connectivity index (χ0) is 13.1. The van der Waals surface area contributed by atoms with Gasteiger partial charge in [0.2, 0.25) is 0 Å². The molecule has 0 aliphatic rings. The van der Waals surface area contributed by atoms with E-state index in [-0.39, 0.29) is 5.91 Å². The van der Waals surface area contributed by atoms with Crippen LogP contribution in [0.1, 0.15) is 30.6 Å². The van der Waals surface area contributed by atoms with E-state index < -0.39 is 0 Å². The van der Waals surface area contributed by atoms with Crippen LogP contribution in [0.4, 0.5) is 0 Å². The number of hydrogen-bond acceptors (Lipinski definition) is 2. The third kappa shape index (κ3) is 2.70. The number of imidazole rings is 1. The largest absolute Gasteiger partial charge is 0.345 e. The fourth-order valence-electron chi connectivity index (χ4n) is 1.84. The Labute approximate surface area is 107 Å². The number of aromatic nitrogens is 2. The summed E-state index contributed by atoms with van der Waals surface area (Å²) in [4.78, 5) is 21.2. The van der Waals surface area contributed by atoms with E-state index in [4.69, 9.17) is 0 Å². The van der Waals surface area contributed by atoms with Crippen LogP contribution in [0.2, 0.25) is 0 Å². The zero-order valence-corrected chi connectivity index (χ0v) is 11.1. The minimum atomic E-state index is 0.0622. The van der Waals surface area contributed by atoms with E-state index in [0.717, 1.165) is 24.0 Å². The topological polar surface area (TPSA) is 49.0 Å². The molecule has 18 heavy (non-hydrogen) atoms. The molecule has 1 N–H and O–H groups in total. The molecule has 0 spiro atoms. The van der Waals surface area contributed by atoms with Crippen molar-refractivity contribution in [1.82, 2.24) is 14.9 Å². The van der Waals surface area contributed by atoms with Gasteiger partial charge in [0.1, 0.15) is 0 Å². The lowest BCUT2D eigenvalue weighted by atomic mass is 10.1. The summed E-state index contributed by atoms with van der Waals surface area (Å²) >= 11 is 0. The van der Waals surface area contributed by atoms with E-state index in [1.165, 1.54) is 0 Å². The summed E-state index contributed by atoms with van der Waals surface area (Å²) in [5.74, 6) is 0.669. The Morgan fingerprint density at radius 2 is 2.22 bits per heavy atom. The first-order chi connectivity index (χ1) is 8.58. The van der Waals surface area contributed by atoms with Crippen LogP contribution in [0.15, 0.2) is 24.5 Å². The van der Waals surface area contributed by atoms with Crippen molar-refractivity contribution in [2.24, 2.45) is 5.92 Å². The molecule has 1 aromatic heterocycles. The van der Waals surface area contributed by atoms with Gasteiger partial charge in [-0.05, 0) is 30.5 Å². The molecule has 0 aliphatic carbocycles. The number of nitrogens with one attached hydrogen (secondary N) is 1. The molecule has 0 radical (unpaired) electrons. The van der Waals surface area contributed by atoms with Gasteiger partial charge in [-0.15, -0.1) is 0 Å². The van der Waals surface area contributed by atoms with Gasteiger partial charge in [0.25, 0.3) is 5.91 Å². The molecular weight excluding hydrogens is 226 g/mol. The number of hydrogen-bond donors (Lipinski definition) is 1. The predicted molar refractivity (Wildman–Crippen MR) is 72.5 cm³/mol. The molecule has 0 bridgehead atoms. The first kappa shape index (κ1) is 12.6. The number of nitrogens with zero attached hydrogens (tertiary/aromatic N) is 2. The second kappa shape index (κ2) is 5.21. The van der Waals surface area contributed by atoms with E-state index in [0.29, 0.717) is 11.5 Å². The highest BCUT2D eigenvalue weighted by atomic mass is 16.2. The second-order valence-electron chi connectivity index (χ2n) is 5.04. The smallest absolute Gasteiger partial charge is 0.253 e. The third-order valence-electron chi connectivity index (χ3n) is 3.06. The van der Waals surface area contributed by atoms with Crippen LogP contribution in [0.25, 0.3) is 11.0 Å². The molecule has 0 aliphatic heterocycles. The monoisotopic (exact) mass is 245 g/mol. The summed E-state index contributed by atoms with van der Waals surface area (Å²) in [6, 6.07) is 5.56. The van der Waals surface area contributed by atoms with Gasteiger partial charge in [0.05, 0.1) is 17.4 Å². The molecule has 0 fully saturated rings. The number of carbonyl (C=O) groups excluding carboxylic acids is 1. The van der Waals surface area contributed by atoms with Crippen molar-refractivity contribution in [1.29, 1.82) is 0 Å². The van der Waals surface area contributed by atoms with E-state index in [9.17, 15) is 4.79 Å². The van der Waals surface area contributed by atoms with Gasteiger partial charge in [-0.1, -0.05) is 13.8 Å². The Morgan fingerprint density at radius 3 is 2.94 bits per heavy atom. The SMILES string of the molecule is CC(C)CCN(C)C(=O)c1ccc2nc[nH]c2c1. The number of amides is 1. The highest BCUT2D eigenvalue weighted by molar-refractivity contribution is 5.97. The molecule has 1 heterocycles. The average Bonchev–Trinajstić information content (AvgIpc) is 2.81. The van der Waals surface area contributed by atoms with Crippen LogP contribution in [-0.4, -0.2) is 34.4 Å². The Balaban J connectivity index is 2.12. The number of carbonyl (C=O) groups is 1. The number of fused-ring (bicyclic) bond motifs is 1. The maximum atomic E-state index is 12.2. The lowest BCUT2D eigenvalue weighted by molar-refractivity contribution is 0.0789. The summed E-state index contributed by atoms with van der Waals surface area (Å²) < 4.78 is 0. The second-order valence-corrected chi connectivity index (χ2v) is 5.04. The normalized spacial score (nSPS) is 11.1. The summed E-state index contributed by atoms with van der Waals surface area (Å²) in [5, 5.41) is 0. The summed E-state index contributed by atoms with van der Waals surface area (Å²) in [6.45, 7) is 5.11. The Kier molecular flexibility index (Phi) is 3.65. The highest BCUT2D eigenvalue weighted by Crippen LogP contribution is 2.13. The van der Waals surface area contributed by atoms with Gasteiger partial charge in [-0.25, -0.2) is 4.98 Å². The molecule has 4 nitrogen and oxygen atoms in total. The van der Waals surface area contributed by atoms with Gasteiger partial charge in [-0.2, -0.15) is 0 Å². The average molecular weight is 245 g/mol. The van der Waals surface area contributed by atoms with Gasteiger partial charge in [0.15, 0.2) is 0 Å². The fraction of sp³-hybridized carbons (Fsp3) is 0.429. The van der Waals surface area contributed by atoms with Gasteiger partial charge < -0.3 is 9.88 Å². The molecule has 1 aromatic carbocycles. The van der Waals surface area contributed by atoms with Gasteiger partial charge in [0, 0.05) is 19.2 Å². The van der Waals surface area contributed by atoms with Crippen molar-refractivity contribution in [2.45, 2.75) is 20.3 Å². The molecular formula is C14H19N3O. The molecule has 2 rings (SSSR count). The van der Waals surface area contributed by atoms with Crippen molar-refractivity contribution in [2.75, 3.05) is 13.6 Å². The lowest BCUT2D eigenvalue weighted by Gasteiger charge is -2.18. The molecule has 0 saturated carbocycles. The third-order valence-corrected chi connectivity index (χ3v) is 3.06. The lowest BCUT2D eigenvalue weighted by Crippen LogP contribution is -2.28. The van der Waals surface area contributed by atoms with Crippen LogP contribution in [-0.2, 0) is 0 Å². The van der Waals surface area contributed by atoms with Crippen LogP contribution in [0, 0.1) is 5.92 Å². The molecule has 1 amide bonds. The Hall–Kier alpha value is -1.84. The number of benzene rings is 1. The molecule has 0 atom stereocenters. The standard InChI is InChI=1S/C14H19N3O/c1-10(2)6-7-17(3)14(18)11-4-5-12-13(8-11)16-9-15-12/h4-5,8-10H,6-7H2,1-3H3,(H,15,16). The van der Waals surface area contributed by atoms with Gasteiger partial charge >= 0.3 is 0 Å². The van der Waals surface area contributed by atoms with Crippen LogP contribution >= 0.6 is 0 Å². The maximum Gasteiger partial charge on any atom is 0.253 e. The van der Waals surface area contributed by atoms with E-state index in [1.807, 2.05) is 25.2 Å². The van der Waals surface area contributed by atoms with Crippen molar-refractivity contribution in [3.05, 3.63) is 30.1 Å². The first-order valence-electron chi connectivity index (χ1n) is 6.26. The number of aromatic amines is 1. The summed E-state index contributed by atoms with van der Waals surface area (Å²) in [5.41, 5.74) is 2.49. The summed E-state index contributed by atoms with van der Waals surface area (Å²) in [6.07, 6.45) is 2.66. The maximum absolute atomic E-state index is 12.2. The summed E-state index contributed by atoms with van der Waals surface area (Å²) in [7, 11) is 1.85. The quantitative estimate of drug-likeness (QED) is 0.900. The molecule has 96 valence electrons. The van der Waals surface area contributed by atoms with E-state index in [2.05, 4.69) is 23.8 Å². The fourth-order valence-corrected chi connectivity index (χ4v) is 1.84. The predicted octanol–water partition coefficient (Wildman–Crippen LogP) is 2.68. The highest BCUT2D eigenvalue weighted by Gasteiger charge is 2.12. The van der Waals surface area contributed by atoms with Crippen molar-refractivity contribution in [3.63, 3.8) is 0 Å². The Bertz CT molecular complexity index is 545. The first-order valence-corrected chi connectivity index (χ1v) is 6.26. The molecule has 2 aromatic rings.